The number of hydrogen-bond donors (Lipinski definition) is 1. The quantitative estimate of drug-likeness (QED) is 0.851. The fourth-order valence-electron chi connectivity index (χ4n) is 2.40. The predicted molar refractivity (Wildman–Crippen MR) is 62.8 cm³/mol. The zero-order valence-electron chi connectivity index (χ0n) is 10.8. The molecule has 2 N–H and O–H groups in total. The van der Waals surface area contributed by atoms with Crippen LogP contribution < -0.4 is 5.73 Å². The molecule has 0 aliphatic heterocycles. The maximum atomic E-state index is 12.3. The SMILES string of the molecule is CCN(CC(F)(F)F)C(=O)C1CCC(C)C(N)C1. The van der Waals surface area contributed by atoms with Gasteiger partial charge in [0.25, 0.3) is 0 Å². The molecule has 106 valence electrons. The normalized spacial score (nSPS) is 29.1. The minimum atomic E-state index is -4.34. The first kappa shape index (κ1) is 15.3. The van der Waals surface area contributed by atoms with E-state index in [1.807, 2.05) is 6.92 Å². The molecular formula is C12H21F3N2O. The zero-order chi connectivity index (χ0) is 13.9. The summed E-state index contributed by atoms with van der Waals surface area (Å²) in [6.07, 6.45) is -2.40. The zero-order valence-corrected chi connectivity index (χ0v) is 10.8. The summed E-state index contributed by atoms with van der Waals surface area (Å²) in [5, 5.41) is 0. The molecular weight excluding hydrogens is 245 g/mol. The highest BCUT2D eigenvalue weighted by Gasteiger charge is 2.36. The molecule has 3 atom stereocenters. The molecule has 0 spiro atoms. The van der Waals surface area contributed by atoms with E-state index in [2.05, 4.69) is 0 Å². The molecule has 18 heavy (non-hydrogen) atoms. The molecule has 6 heteroatoms. The van der Waals surface area contributed by atoms with Gasteiger partial charge in [-0.2, -0.15) is 13.2 Å². The predicted octanol–water partition coefficient (Wildman–Crippen LogP) is 2.16. The number of nitrogens with zero attached hydrogens (tertiary/aromatic N) is 1. The minimum absolute atomic E-state index is 0.0830. The van der Waals surface area contributed by atoms with Crippen molar-refractivity contribution in [1.29, 1.82) is 0 Å². The number of alkyl halides is 3. The summed E-state index contributed by atoms with van der Waals surface area (Å²) in [6.45, 7) is 2.50. The first-order valence-electron chi connectivity index (χ1n) is 6.35. The Morgan fingerprint density at radius 2 is 2.00 bits per heavy atom. The molecule has 0 bridgehead atoms. The molecule has 1 fully saturated rings. The number of nitrogens with two attached hydrogens (primary N) is 1. The van der Waals surface area contributed by atoms with Gasteiger partial charge in [-0.15, -0.1) is 0 Å². The van der Waals surface area contributed by atoms with Crippen LogP contribution in [0.2, 0.25) is 0 Å². The minimum Gasteiger partial charge on any atom is -0.334 e. The molecule has 1 saturated carbocycles. The van der Waals surface area contributed by atoms with Gasteiger partial charge in [0.2, 0.25) is 5.91 Å². The van der Waals surface area contributed by atoms with E-state index in [4.69, 9.17) is 5.73 Å². The topological polar surface area (TPSA) is 46.3 Å². The smallest absolute Gasteiger partial charge is 0.334 e. The second kappa shape index (κ2) is 5.91. The van der Waals surface area contributed by atoms with Crippen molar-refractivity contribution in [1.82, 2.24) is 4.90 Å². The van der Waals surface area contributed by atoms with Gasteiger partial charge in [-0.25, -0.2) is 0 Å². The van der Waals surface area contributed by atoms with Crippen LogP contribution in [0.4, 0.5) is 13.2 Å². The van der Waals surface area contributed by atoms with Crippen LogP contribution in [0.1, 0.15) is 33.1 Å². The Morgan fingerprint density at radius 3 is 2.44 bits per heavy atom. The Morgan fingerprint density at radius 1 is 1.39 bits per heavy atom. The number of rotatable bonds is 3. The van der Waals surface area contributed by atoms with Gasteiger partial charge in [0, 0.05) is 18.5 Å². The van der Waals surface area contributed by atoms with Gasteiger partial charge >= 0.3 is 6.18 Å². The van der Waals surface area contributed by atoms with E-state index in [-0.39, 0.29) is 18.5 Å². The van der Waals surface area contributed by atoms with Crippen molar-refractivity contribution in [3.8, 4) is 0 Å². The lowest BCUT2D eigenvalue weighted by Gasteiger charge is -2.34. The molecule has 0 aromatic heterocycles. The van der Waals surface area contributed by atoms with Gasteiger partial charge in [0.15, 0.2) is 0 Å². The van der Waals surface area contributed by atoms with E-state index < -0.39 is 18.6 Å². The molecule has 1 aliphatic rings. The van der Waals surface area contributed by atoms with Crippen LogP contribution in [0.15, 0.2) is 0 Å². The molecule has 0 radical (unpaired) electrons. The van der Waals surface area contributed by atoms with E-state index in [9.17, 15) is 18.0 Å². The average molecular weight is 266 g/mol. The number of carbonyl (C=O) groups excluding carboxylic acids is 1. The van der Waals surface area contributed by atoms with Crippen LogP contribution in [-0.2, 0) is 4.79 Å². The van der Waals surface area contributed by atoms with Crippen LogP contribution in [-0.4, -0.2) is 36.1 Å². The Labute approximate surface area is 106 Å². The molecule has 3 nitrogen and oxygen atoms in total. The highest BCUT2D eigenvalue weighted by Crippen LogP contribution is 2.29. The van der Waals surface area contributed by atoms with E-state index in [1.54, 1.807) is 6.92 Å². The van der Waals surface area contributed by atoms with E-state index >= 15 is 0 Å². The highest BCUT2D eigenvalue weighted by molar-refractivity contribution is 5.79. The summed E-state index contributed by atoms with van der Waals surface area (Å²) in [4.78, 5) is 12.9. The Hall–Kier alpha value is -0.780. The van der Waals surface area contributed by atoms with Crippen molar-refractivity contribution < 1.29 is 18.0 Å². The molecule has 0 saturated heterocycles. The Bertz CT molecular complexity index is 294. The van der Waals surface area contributed by atoms with E-state index in [0.29, 0.717) is 18.8 Å². The van der Waals surface area contributed by atoms with Crippen LogP contribution in [0, 0.1) is 11.8 Å². The van der Waals surface area contributed by atoms with Crippen molar-refractivity contribution in [2.24, 2.45) is 17.6 Å². The van der Waals surface area contributed by atoms with Gasteiger partial charge in [-0.3, -0.25) is 4.79 Å². The van der Waals surface area contributed by atoms with Crippen molar-refractivity contribution in [3.05, 3.63) is 0 Å². The first-order chi connectivity index (χ1) is 8.24. The molecule has 1 aliphatic carbocycles. The van der Waals surface area contributed by atoms with Gasteiger partial charge in [0.1, 0.15) is 6.54 Å². The second-order valence-corrected chi connectivity index (χ2v) is 5.12. The van der Waals surface area contributed by atoms with Crippen LogP contribution in [0.5, 0.6) is 0 Å². The van der Waals surface area contributed by atoms with Gasteiger partial charge < -0.3 is 10.6 Å². The van der Waals surface area contributed by atoms with E-state index in [1.165, 1.54) is 0 Å². The Balaban J connectivity index is 2.62. The number of hydrogen-bond acceptors (Lipinski definition) is 2. The summed E-state index contributed by atoms with van der Waals surface area (Å²) >= 11 is 0. The van der Waals surface area contributed by atoms with Crippen molar-refractivity contribution >= 4 is 5.91 Å². The molecule has 1 amide bonds. The number of halogens is 3. The van der Waals surface area contributed by atoms with Crippen LogP contribution in [0.25, 0.3) is 0 Å². The molecule has 1 rings (SSSR count). The van der Waals surface area contributed by atoms with Gasteiger partial charge in [-0.05, 0) is 32.1 Å². The lowest BCUT2D eigenvalue weighted by Crippen LogP contribution is -2.46. The molecule has 0 aromatic carbocycles. The maximum absolute atomic E-state index is 12.3. The van der Waals surface area contributed by atoms with Crippen molar-refractivity contribution in [3.63, 3.8) is 0 Å². The number of carbonyl (C=O) groups is 1. The summed E-state index contributed by atoms with van der Waals surface area (Å²) in [5.41, 5.74) is 5.88. The average Bonchev–Trinajstić information content (AvgIpc) is 2.27. The van der Waals surface area contributed by atoms with Crippen LogP contribution >= 0.6 is 0 Å². The third-order valence-electron chi connectivity index (χ3n) is 3.67. The summed E-state index contributed by atoms with van der Waals surface area (Å²) in [5.74, 6) is -0.414. The van der Waals surface area contributed by atoms with Gasteiger partial charge in [-0.1, -0.05) is 6.92 Å². The molecule has 0 aromatic rings. The highest BCUT2D eigenvalue weighted by atomic mass is 19.4. The first-order valence-corrected chi connectivity index (χ1v) is 6.35. The van der Waals surface area contributed by atoms with Crippen molar-refractivity contribution in [2.45, 2.75) is 45.3 Å². The molecule has 0 heterocycles. The molecule has 3 unspecified atom stereocenters. The largest absolute Gasteiger partial charge is 0.406 e. The summed E-state index contributed by atoms with van der Waals surface area (Å²) in [6, 6.07) is -0.0858. The van der Waals surface area contributed by atoms with E-state index in [0.717, 1.165) is 11.3 Å². The third kappa shape index (κ3) is 4.15. The summed E-state index contributed by atoms with van der Waals surface area (Å²) < 4.78 is 37.0. The van der Waals surface area contributed by atoms with Crippen molar-refractivity contribution in [2.75, 3.05) is 13.1 Å². The second-order valence-electron chi connectivity index (χ2n) is 5.12. The maximum Gasteiger partial charge on any atom is 0.406 e. The number of amides is 1. The van der Waals surface area contributed by atoms with Crippen LogP contribution in [0.3, 0.4) is 0 Å². The fraction of sp³-hybridized carbons (Fsp3) is 0.917. The lowest BCUT2D eigenvalue weighted by molar-refractivity contribution is -0.164. The van der Waals surface area contributed by atoms with Gasteiger partial charge in [0.05, 0.1) is 0 Å². The standard InChI is InChI=1S/C12H21F3N2O/c1-3-17(7-12(13,14)15)11(18)9-5-4-8(2)10(16)6-9/h8-10H,3-7,16H2,1-2H3. The third-order valence-corrected chi connectivity index (χ3v) is 3.67. The lowest BCUT2D eigenvalue weighted by atomic mass is 9.79. The fourth-order valence-corrected chi connectivity index (χ4v) is 2.40. The Kier molecular flexibility index (Phi) is 5.01. The summed E-state index contributed by atoms with van der Waals surface area (Å²) in [7, 11) is 0. The monoisotopic (exact) mass is 266 g/mol.